The van der Waals surface area contributed by atoms with Crippen LogP contribution in [0.2, 0.25) is 0 Å². The number of hydrogen-bond acceptors (Lipinski definition) is 6. The number of aryl methyl sites for hydroxylation is 1. The molecule has 2 unspecified atom stereocenters. The summed E-state index contributed by atoms with van der Waals surface area (Å²) in [5.74, 6) is 0.207. The second-order valence-electron chi connectivity index (χ2n) is 3.54. The average molecular weight is 227 g/mol. The molecule has 0 saturated carbocycles. The zero-order valence-corrected chi connectivity index (χ0v) is 8.79. The molecule has 1 aromatic heterocycles. The van der Waals surface area contributed by atoms with Crippen molar-refractivity contribution in [2.75, 3.05) is 18.9 Å². The van der Waals surface area contributed by atoms with Crippen LogP contribution in [0.1, 0.15) is 11.8 Å². The molecule has 1 aliphatic rings. The zero-order chi connectivity index (χ0) is 11.7. The number of aromatic nitrogens is 2. The molecule has 0 bridgehead atoms. The molecular formula is C9H13N3O4. The second kappa shape index (κ2) is 4.20. The minimum absolute atomic E-state index is 0.205. The van der Waals surface area contributed by atoms with Crippen LogP contribution in [-0.2, 0) is 9.47 Å². The summed E-state index contributed by atoms with van der Waals surface area (Å²) >= 11 is 0. The van der Waals surface area contributed by atoms with Crippen LogP contribution in [0.4, 0.5) is 5.82 Å². The monoisotopic (exact) mass is 227 g/mol. The van der Waals surface area contributed by atoms with Crippen LogP contribution in [-0.4, -0.2) is 34.2 Å². The summed E-state index contributed by atoms with van der Waals surface area (Å²) in [6.45, 7) is 1.71. The predicted molar refractivity (Wildman–Crippen MR) is 54.6 cm³/mol. The Morgan fingerprint density at radius 1 is 1.75 bits per heavy atom. The van der Waals surface area contributed by atoms with Crippen molar-refractivity contribution in [2.45, 2.75) is 19.4 Å². The van der Waals surface area contributed by atoms with Crippen molar-refractivity contribution in [1.29, 1.82) is 0 Å². The van der Waals surface area contributed by atoms with Gasteiger partial charge in [-0.25, -0.2) is 4.79 Å². The highest BCUT2D eigenvalue weighted by Gasteiger charge is 2.27. The van der Waals surface area contributed by atoms with Crippen LogP contribution in [0, 0.1) is 6.92 Å². The van der Waals surface area contributed by atoms with Gasteiger partial charge in [-0.1, -0.05) is 0 Å². The fourth-order valence-electron chi connectivity index (χ4n) is 1.47. The molecule has 1 aromatic rings. The minimum Gasteiger partial charge on any atom is -0.391 e. The number of aliphatic hydroxyl groups is 1. The Morgan fingerprint density at radius 2 is 2.50 bits per heavy atom. The third-order valence-corrected chi connectivity index (χ3v) is 2.37. The third kappa shape index (κ3) is 1.92. The van der Waals surface area contributed by atoms with Gasteiger partial charge < -0.3 is 20.3 Å². The van der Waals surface area contributed by atoms with Crippen molar-refractivity contribution in [1.82, 2.24) is 9.55 Å². The molecule has 0 aliphatic carbocycles. The molecule has 2 rings (SSSR count). The van der Waals surface area contributed by atoms with E-state index in [9.17, 15) is 4.79 Å². The number of nitrogens with two attached hydrogens (primary N) is 1. The molecule has 1 aliphatic heterocycles. The molecule has 2 heterocycles. The Hall–Kier alpha value is -1.44. The molecule has 3 N–H and O–H groups in total. The van der Waals surface area contributed by atoms with Crippen molar-refractivity contribution in [3.8, 4) is 0 Å². The number of nitrogens with zero attached hydrogens (tertiary/aromatic N) is 2. The van der Waals surface area contributed by atoms with E-state index in [1.54, 1.807) is 13.1 Å². The molecule has 2 atom stereocenters. The van der Waals surface area contributed by atoms with Crippen LogP contribution in [0.3, 0.4) is 0 Å². The van der Waals surface area contributed by atoms with E-state index in [-0.39, 0.29) is 19.0 Å². The van der Waals surface area contributed by atoms with Crippen LogP contribution in [0.25, 0.3) is 0 Å². The fraction of sp³-hybridized carbons (Fsp3) is 0.556. The molecule has 1 saturated heterocycles. The number of nitrogen functional groups attached to an aromatic ring is 1. The van der Waals surface area contributed by atoms with Crippen LogP contribution in [0.5, 0.6) is 0 Å². The van der Waals surface area contributed by atoms with Gasteiger partial charge in [0.15, 0.2) is 12.5 Å². The van der Waals surface area contributed by atoms with Gasteiger partial charge in [0.05, 0.1) is 13.2 Å². The molecule has 0 spiro atoms. The maximum atomic E-state index is 11.5. The Bertz CT molecular complexity index is 445. The fourth-order valence-corrected chi connectivity index (χ4v) is 1.47. The number of ether oxygens (including phenoxy) is 2. The zero-order valence-electron chi connectivity index (χ0n) is 8.79. The van der Waals surface area contributed by atoms with Gasteiger partial charge in [-0.2, -0.15) is 4.98 Å². The van der Waals surface area contributed by atoms with E-state index in [4.69, 9.17) is 20.3 Å². The quantitative estimate of drug-likeness (QED) is 0.672. The molecule has 7 nitrogen and oxygen atoms in total. The van der Waals surface area contributed by atoms with Gasteiger partial charge in [-0.3, -0.25) is 4.57 Å². The summed E-state index contributed by atoms with van der Waals surface area (Å²) in [6.07, 6.45) is 0.324. The van der Waals surface area contributed by atoms with E-state index in [1.165, 1.54) is 4.57 Å². The van der Waals surface area contributed by atoms with Gasteiger partial charge in [0, 0.05) is 11.8 Å². The van der Waals surface area contributed by atoms with Crippen LogP contribution >= 0.6 is 0 Å². The van der Waals surface area contributed by atoms with E-state index >= 15 is 0 Å². The van der Waals surface area contributed by atoms with Gasteiger partial charge in [0.2, 0.25) is 0 Å². The molecule has 7 heteroatoms. The summed E-state index contributed by atoms with van der Waals surface area (Å²) in [4.78, 5) is 15.2. The van der Waals surface area contributed by atoms with Gasteiger partial charge in [0.25, 0.3) is 0 Å². The number of aliphatic hydroxyl groups excluding tert-OH is 1. The Labute approximate surface area is 91.4 Å². The summed E-state index contributed by atoms with van der Waals surface area (Å²) in [5, 5.41) is 8.83. The van der Waals surface area contributed by atoms with Crippen molar-refractivity contribution < 1.29 is 14.6 Å². The lowest BCUT2D eigenvalue weighted by atomic mass is 10.3. The molecular weight excluding hydrogens is 214 g/mol. The summed E-state index contributed by atoms with van der Waals surface area (Å²) in [6, 6.07) is 0. The lowest BCUT2D eigenvalue weighted by Gasteiger charge is -2.13. The van der Waals surface area contributed by atoms with E-state index in [0.29, 0.717) is 5.56 Å². The maximum Gasteiger partial charge on any atom is 0.351 e. The molecule has 0 aromatic carbocycles. The standard InChI is InChI=1S/C9H13N3O4/c1-5-2-12(9(14)11-8(5)10)6-4-15-7(3-13)16-6/h2,6-7,13H,3-4H2,1H3,(H2,10,11,14). The topological polar surface area (TPSA) is 99.6 Å². The van der Waals surface area contributed by atoms with Gasteiger partial charge in [-0.05, 0) is 6.92 Å². The van der Waals surface area contributed by atoms with Gasteiger partial charge in [-0.15, -0.1) is 0 Å². The molecule has 88 valence electrons. The predicted octanol–water partition coefficient (Wildman–Crippen LogP) is -1.00. The highest BCUT2D eigenvalue weighted by Crippen LogP contribution is 2.19. The van der Waals surface area contributed by atoms with Crippen LogP contribution < -0.4 is 11.4 Å². The van der Waals surface area contributed by atoms with Crippen molar-refractivity contribution in [3.05, 3.63) is 22.2 Å². The second-order valence-corrected chi connectivity index (χ2v) is 3.54. The minimum atomic E-state index is -0.685. The van der Waals surface area contributed by atoms with Gasteiger partial charge in [0.1, 0.15) is 5.82 Å². The van der Waals surface area contributed by atoms with E-state index in [0.717, 1.165) is 0 Å². The third-order valence-electron chi connectivity index (χ3n) is 2.37. The number of hydrogen-bond donors (Lipinski definition) is 2. The molecule has 16 heavy (non-hydrogen) atoms. The lowest BCUT2D eigenvalue weighted by Crippen LogP contribution is -2.29. The first-order chi connectivity index (χ1) is 7.61. The Kier molecular flexibility index (Phi) is 2.90. The SMILES string of the molecule is Cc1cn(C2COC(CO)O2)c(=O)nc1N. The smallest absolute Gasteiger partial charge is 0.351 e. The average Bonchev–Trinajstić information content (AvgIpc) is 2.71. The van der Waals surface area contributed by atoms with E-state index in [2.05, 4.69) is 4.98 Å². The normalized spacial score (nSPS) is 24.9. The maximum absolute atomic E-state index is 11.5. The Balaban J connectivity index is 2.28. The summed E-state index contributed by atoms with van der Waals surface area (Å²) in [5.41, 5.74) is 5.71. The van der Waals surface area contributed by atoms with Gasteiger partial charge >= 0.3 is 5.69 Å². The van der Waals surface area contributed by atoms with E-state index in [1.807, 2.05) is 0 Å². The highest BCUT2D eigenvalue weighted by molar-refractivity contribution is 5.35. The largest absolute Gasteiger partial charge is 0.391 e. The van der Waals surface area contributed by atoms with Crippen LogP contribution in [0.15, 0.2) is 11.0 Å². The molecule has 0 amide bonds. The number of anilines is 1. The highest BCUT2D eigenvalue weighted by atomic mass is 16.7. The van der Waals surface area contributed by atoms with Crippen molar-refractivity contribution >= 4 is 5.82 Å². The van der Waals surface area contributed by atoms with E-state index < -0.39 is 18.2 Å². The first kappa shape index (κ1) is 11.1. The first-order valence-corrected chi connectivity index (χ1v) is 4.85. The molecule has 1 fully saturated rings. The molecule has 0 radical (unpaired) electrons. The lowest BCUT2D eigenvalue weighted by molar-refractivity contribution is -0.0992. The van der Waals surface area contributed by atoms with Crippen molar-refractivity contribution in [2.24, 2.45) is 0 Å². The first-order valence-electron chi connectivity index (χ1n) is 4.85. The Morgan fingerprint density at radius 3 is 3.12 bits per heavy atom. The van der Waals surface area contributed by atoms with Crippen molar-refractivity contribution in [3.63, 3.8) is 0 Å². The summed E-state index contributed by atoms with van der Waals surface area (Å²) < 4.78 is 11.7. The summed E-state index contributed by atoms with van der Waals surface area (Å²) in [7, 11) is 0. The number of rotatable bonds is 2.